The van der Waals surface area contributed by atoms with Gasteiger partial charge < -0.3 is 10.2 Å². The Labute approximate surface area is 134 Å². The Morgan fingerprint density at radius 2 is 2.17 bits per heavy atom. The maximum absolute atomic E-state index is 4.35. The molecule has 23 heavy (non-hydrogen) atoms. The average molecular weight is 309 g/mol. The molecule has 0 radical (unpaired) electrons. The van der Waals surface area contributed by atoms with Crippen molar-refractivity contribution in [3.8, 4) is 0 Å². The number of aromatic nitrogens is 5. The van der Waals surface area contributed by atoms with Gasteiger partial charge in [0.05, 0.1) is 0 Å². The van der Waals surface area contributed by atoms with E-state index in [1.807, 2.05) is 12.1 Å². The van der Waals surface area contributed by atoms with Crippen molar-refractivity contribution < 1.29 is 0 Å². The van der Waals surface area contributed by atoms with E-state index in [1.54, 1.807) is 0 Å². The van der Waals surface area contributed by atoms with E-state index in [-0.39, 0.29) is 0 Å². The number of benzene rings is 1. The van der Waals surface area contributed by atoms with Gasteiger partial charge >= 0.3 is 0 Å². The molecule has 118 valence electrons. The normalized spacial score (nSPS) is 13.5. The standard InChI is InChI=1S/C16H19N7/c1-2-3-9-22-10-8-12-4-5-13(11-14(12)22)17-15-6-7-16-18-20-21-23(16)19-15/h4-7,11H,2-3,8-10H2,1H3,(H,17,19). The highest BCUT2D eigenvalue weighted by Crippen LogP contribution is 2.31. The average Bonchev–Trinajstić information content (AvgIpc) is 3.19. The van der Waals surface area contributed by atoms with Crippen LogP contribution in [0.3, 0.4) is 0 Å². The van der Waals surface area contributed by atoms with Gasteiger partial charge in [0.2, 0.25) is 0 Å². The van der Waals surface area contributed by atoms with E-state index in [0.29, 0.717) is 5.65 Å². The molecular formula is C16H19N7. The molecule has 0 unspecified atom stereocenters. The fraction of sp³-hybridized carbons (Fsp3) is 0.375. The van der Waals surface area contributed by atoms with Crippen LogP contribution in [0, 0.1) is 0 Å². The lowest BCUT2D eigenvalue weighted by Gasteiger charge is -2.19. The Morgan fingerprint density at radius 1 is 1.22 bits per heavy atom. The summed E-state index contributed by atoms with van der Waals surface area (Å²) in [7, 11) is 0. The van der Waals surface area contributed by atoms with E-state index >= 15 is 0 Å². The quantitative estimate of drug-likeness (QED) is 0.780. The van der Waals surface area contributed by atoms with Crippen LogP contribution in [0.15, 0.2) is 30.3 Å². The number of nitrogens with one attached hydrogen (secondary N) is 1. The molecule has 0 saturated heterocycles. The number of rotatable bonds is 5. The smallest absolute Gasteiger partial charge is 0.200 e. The first kappa shape index (κ1) is 13.9. The second-order valence-electron chi connectivity index (χ2n) is 5.80. The summed E-state index contributed by atoms with van der Waals surface area (Å²) in [5.74, 6) is 0.725. The third kappa shape index (κ3) is 2.69. The molecule has 0 atom stereocenters. The van der Waals surface area contributed by atoms with E-state index < -0.39 is 0 Å². The molecular weight excluding hydrogens is 290 g/mol. The van der Waals surface area contributed by atoms with Gasteiger partial charge in [-0.3, -0.25) is 0 Å². The molecule has 1 aliphatic heterocycles. The summed E-state index contributed by atoms with van der Waals surface area (Å²) < 4.78 is 1.42. The lowest BCUT2D eigenvalue weighted by molar-refractivity contribution is 0.736. The fourth-order valence-corrected chi connectivity index (χ4v) is 2.97. The Hall–Kier alpha value is -2.70. The molecule has 0 aliphatic carbocycles. The van der Waals surface area contributed by atoms with Crippen molar-refractivity contribution in [3.05, 3.63) is 35.9 Å². The summed E-state index contributed by atoms with van der Waals surface area (Å²) in [6.45, 7) is 4.48. The Morgan fingerprint density at radius 3 is 3.09 bits per heavy atom. The maximum atomic E-state index is 4.35. The summed E-state index contributed by atoms with van der Waals surface area (Å²) in [5, 5.41) is 19.0. The minimum atomic E-state index is 0.634. The lowest BCUT2D eigenvalue weighted by atomic mass is 10.1. The molecule has 0 bridgehead atoms. The minimum absolute atomic E-state index is 0.634. The third-order valence-electron chi connectivity index (χ3n) is 4.20. The zero-order valence-electron chi connectivity index (χ0n) is 13.1. The van der Waals surface area contributed by atoms with Crippen LogP contribution >= 0.6 is 0 Å². The first-order chi connectivity index (χ1) is 11.3. The van der Waals surface area contributed by atoms with Crippen LogP contribution in [0.5, 0.6) is 0 Å². The Kier molecular flexibility index (Phi) is 3.53. The van der Waals surface area contributed by atoms with E-state index in [1.165, 1.54) is 28.7 Å². The number of tetrazole rings is 1. The summed E-state index contributed by atoms with van der Waals surface area (Å²) >= 11 is 0. The lowest BCUT2D eigenvalue weighted by Crippen LogP contribution is -2.21. The SMILES string of the molecule is CCCCN1CCc2ccc(Nc3ccc4nnnn4n3)cc21. The molecule has 0 amide bonds. The van der Waals surface area contributed by atoms with Crippen molar-refractivity contribution >= 4 is 22.8 Å². The van der Waals surface area contributed by atoms with Crippen molar-refractivity contribution in [2.45, 2.75) is 26.2 Å². The molecule has 0 fully saturated rings. The van der Waals surface area contributed by atoms with E-state index in [9.17, 15) is 0 Å². The van der Waals surface area contributed by atoms with Crippen LogP contribution in [0.25, 0.3) is 5.65 Å². The number of anilines is 3. The number of hydrogen-bond donors (Lipinski definition) is 1. The van der Waals surface area contributed by atoms with Crippen LogP contribution in [0.1, 0.15) is 25.3 Å². The molecule has 7 nitrogen and oxygen atoms in total. The first-order valence-corrected chi connectivity index (χ1v) is 8.04. The zero-order chi connectivity index (χ0) is 15.6. The van der Waals surface area contributed by atoms with Crippen LogP contribution in [0.4, 0.5) is 17.2 Å². The van der Waals surface area contributed by atoms with Crippen LogP contribution in [0.2, 0.25) is 0 Å². The van der Waals surface area contributed by atoms with Gasteiger partial charge in [-0.2, -0.15) is 0 Å². The first-order valence-electron chi connectivity index (χ1n) is 8.04. The fourth-order valence-electron chi connectivity index (χ4n) is 2.97. The molecule has 4 rings (SSSR count). The summed E-state index contributed by atoms with van der Waals surface area (Å²) in [6.07, 6.45) is 3.59. The molecule has 0 saturated carbocycles. The Balaban J connectivity index is 1.57. The van der Waals surface area contributed by atoms with Gasteiger partial charge in [0.1, 0.15) is 0 Å². The monoisotopic (exact) mass is 309 g/mol. The third-order valence-corrected chi connectivity index (χ3v) is 4.20. The van der Waals surface area contributed by atoms with Crippen molar-refractivity contribution in [1.29, 1.82) is 0 Å². The molecule has 3 aromatic rings. The topological polar surface area (TPSA) is 71.2 Å². The van der Waals surface area contributed by atoms with Gasteiger partial charge in [0.15, 0.2) is 11.5 Å². The highest BCUT2D eigenvalue weighted by Gasteiger charge is 2.18. The highest BCUT2D eigenvalue weighted by molar-refractivity contribution is 5.68. The molecule has 1 aliphatic rings. The van der Waals surface area contributed by atoms with Crippen molar-refractivity contribution in [2.75, 3.05) is 23.3 Å². The largest absolute Gasteiger partial charge is 0.371 e. The van der Waals surface area contributed by atoms with Crippen LogP contribution in [-0.2, 0) is 6.42 Å². The molecule has 7 heteroatoms. The van der Waals surface area contributed by atoms with E-state index in [0.717, 1.165) is 31.0 Å². The number of hydrogen-bond acceptors (Lipinski definition) is 6. The highest BCUT2D eigenvalue weighted by atomic mass is 15.6. The second-order valence-corrected chi connectivity index (χ2v) is 5.80. The molecule has 3 heterocycles. The van der Waals surface area contributed by atoms with Crippen molar-refractivity contribution in [1.82, 2.24) is 25.3 Å². The van der Waals surface area contributed by atoms with Gasteiger partial charge in [-0.1, -0.05) is 19.4 Å². The summed E-state index contributed by atoms with van der Waals surface area (Å²) in [5.41, 5.74) is 4.44. The minimum Gasteiger partial charge on any atom is -0.371 e. The molecule has 2 aromatic heterocycles. The second kappa shape index (κ2) is 5.83. The Bertz CT molecular complexity index is 826. The van der Waals surface area contributed by atoms with Crippen molar-refractivity contribution in [3.63, 3.8) is 0 Å². The number of nitrogens with zero attached hydrogens (tertiary/aromatic N) is 6. The zero-order valence-corrected chi connectivity index (χ0v) is 13.1. The summed E-state index contributed by atoms with van der Waals surface area (Å²) in [6, 6.07) is 10.3. The van der Waals surface area contributed by atoms with Gasteiger partial charge in [0, 0.05) is 24.5 Å². The predicted molar refractivity (Wildman–Crippen MR) is 89.1 cm³/mol. The van der Waals surface area contributed by atoms with E-state index in [2.05, 4.69) is 56.0 Å². The van der Waals surface area contributed by atoms with E-state index in [4.69, 9.17) is 0 Å². The predicted octanol–water partition coefficient (Wildman–Crippen LogP) is 2.43. The van der Waals surface area contributed by atoms with Gasteiger partial charge in [0.25, 0.3) is 0 Å². The van der Waals surface area contributed by atoms with Crippen LogP contribution in [-0.4, -0.2) is 38.3 Å². The maximum Gasteiger partial charge on any atom is 0.200 e. The summed E-state index contributed by atoms with van der Waals surface area (Å²) in [4.78, 5) is 2.47. The van der Waals surface area contributed by atoms with Gasteiger partial charge in [-0.25, -0.2) is 0 Å². The van der Waals surface area contributed by atoms with Crippen molar-refractivity contribution in [2.24, 2.45) is 0 Å². The van der Waals surface area contributed by atoms with Gasteiger partial charge in [-0.15, -0.1) is 14.8 Å². The van der Waals surface area contributed by atoms with Gasteiger partial charge in [-0.05, 0) is 53.1 Å². The number of unbranched alkanes of at least 4 members (excludes halogenated alkanes) is 1. The van der Waals surface area contributed by atoms with Crippen LogP contribution < -0.4 is 10.2 Å². The molecule has 1 N–H and O–H groups in total. The molecule has 1 aromatic carbocycles. The molecule has 0 spiro atoms. The number of fused-ring (bicyclic) bond motifs is 2.